The summed E-state index contributed by atoms with van der Waals surface area (Å²) in [6.45, 7) is 5.85. The van der Waals surface area contributed by atoms with Gasteiger partial charge in [0.05, 0.1) is 6.54 Å². The highest BCUT2D eigenvalue weighted by Crippen LogP contribution is 2.18. The van der Waals surface area contributed by atoms with E-state index in [1.807, 2.05) is 17.9 Å². The van der Waals surface area contributed by atoms with Gasteiger partial charge in [-0.1, -0.05) is 30.3 Å². The van der Waals surface area contributed by atoms with Crippen molar-refractivity contribution in [3.05, 3.63) is 35.9 Å². The van der Waals surface area contributed by atoms with Gasteiger partial charge in [-0.3, -0.25) is 9.69 Å². The molecule has 0 saturated carbocycles. The molecule has 0 unspecified atom stereocenters. The molecule has 0 spiro atoms. The lowest BCUT2D eigenvalue weighted by atomic mass is 10.2. The van der Waals surface area contributed by atoms with Gasteiger partial charge in [0.1, 0.15) is 0 Å². The van der Waals surface area contributed by atoms with Crippen LogP contribution >= 0.6 is 0 Å². The molecule has 1 saturated heterocycles. The fourth-order valence-corrected chi connectivity index (χ4v) is 2.81. The predicted molar refractivity (Wildman–Crippen MR) is 76.6 cm³/mol. The van der Waals surface area contributed by atoms with Gasteiger partial charge in [-0.05, 0) is 18.9 Å². The Morgan fingerprint density at radius 2 is 2.16 bits per heavy atom. The Balaban J connectivity index is 1.90. The summed E-state index contributed by atoms with van der Waals surface area (Å²) in [7, 11) is 0. The molecular weight excluding hydrogens is 238 g/mol. The topological polar surface area (TPSA) is 49.6 Å². The number of likely N-dealkylation sites (tertiary alicyclic amines) is 1. The Kier molecular flexibility index (Phi) is 4.93. The molecule has 1 fully saturated rings. The van der Waals surface area contributed by atoms with Gasteiger partial charge >= 0.3 is 0 Å². The second kappa shape index (κ2) is 6.68. The predicted octanol–water partition coefficient (Wildman–Crippen LogP) is 1.07. The number of nitrogens with two attached hydrogens (primary N) is 1. The summed E-state index contributed by atoms with van der Waals surface area (Å²) in [6, 6.07) is 10.8. The zero-order valence-corrected chi connectivity index (χ0v) is 11.6. The summed E-state index contributed by atoms with van der Waals surface area (Å²) in [5.41, 5.74) is 6.80. The highest BCUT2D eigenvalue weighted by Gasteiger charge is 2.28. The molecule has 1 atom stereocenters. The number of hydrogen-bond acceptors (Lipinski definition) is 3. The normalized spacial score (nSPS) is 19.6. The minimum absolute atomic E-state index is 0.0639. The van der Waals surface area contributed by atoms with Gasteiger partial charge in [0.15, 0.2) is 0 Å². The zero-order valence-electron chi connectivity index (χ0n) is 11.6. The Morgan fingerprint density at radius 3 is 2.79 bits per heavy atom. The van der Waals surface area contributed by atoms with Crippen LogP contribution in [0.3, 0.4) is 0 Å². The monoisotopic (exact) mass is 261 g/mol. The molecule has 19 heavy (non-hydrogen) atoms. The summed E-state index contributed by atoms with van der Waals surface area (Å²) in [4.78, 5) is 16.1. The zero-order chi connectivity index (χ0) is 13.7. The molecule has 1 aliphatic rings. The Bertz CT molecular complexity index is 407. The highest BCUT2D eigenvalue weighted by atomic mass is 16.2. The van der Waals surface area contributed by atoms with E-state index >= 15 is 0 Å². The maximum Gasteiger partial charge on any atom is 0.236 e. The number of benzene rings is 1. The molecule has 2 rings (SSSR count). The van der Waals surface area contributed by atoms with Crippen LogP contribution in [0.2, 0.25) is 0 Å². The number of hydrogen-bond donors (Lipinski definition) is 1. The molecule has 4 heteroatoms. The quantitative estimate of drug-likeness (QED) is 0.862. The minimum atomic E-state index is 0.0639. The van der Waals surface area contributed by atoms with Crippen LogP contribution in [0.1, 0.15) is 18.9 Å². The summed E-state index contributed by atoms with van der Waals surface area (Å²) in [5.74, 6) is 0.0639. The van der Waals surface area contributed by atoms with Crippen molar-refractivity contribution in [1.82, 2.24) is 9.80 Å². The van der Waals surface area contributed by atoms with Crippen LogP contribution in [0.5, 0.6) is 0 Å². The van der Waals surface area contributed by atoms with Gasteiger partial charge in [0.2, 0.25) is 5.91 Å². The molecule has 104 valence electrons. The highest BCUT2D eigenvalue weighted by molar-refractivity contribution is 5.78. The van der Waals surface area contributed by atoms with Crippen LogP contribution in [0, 0.1) is 0 Å². The van der Waals surface area contributed by atoms with Crippen molar-refractivity contribution < 1.29 is 4.79 Å². The van der Waals surface area contributed by atoms with Gasteiger partial charge in [-0.25, -0.2) is 0 Å². The Morgan fingerprint density at radius 1 is 1.42 bits per heavy atom. The summed E-state index contributed by atoms with van der Waals surface area (Å²) in [6.07, 6.45) is 1.05. The molecule has 0 radical (unpaired) electrons. The summed E-state index contributed by atoms with van der Waals surface area (Å²) < 4.78 is 0. The molecular formula is C15H23N3O. The Labute approximate surface area is 115 Å². The smallest absolute Gasteiger partial charge is 0.236 e. The van der Waals surface area contributed by atoms with Crippen LogP contribution in [-0.4, -0.2) is 47.9 Å². The maximum absolute atomic E-state index is 11.8. The average Bonchev–Trinajstić information content (AvgIpc) is 2.89. The number of carbonyl (C=O) groups is 1. The van der Waals surface area contributed by atoms with Gasteiger partial charge in [0, 0.05) is 32.2 Å². The third-order valence-electron chi connectivity index (χ3n) is 3.77. The van der Waals surface area contributed by atoms with Crippen molar-refractivity contribution in [2.24, 2.45) is 5.73 Å². The maximum atomic E-state index is 11.8. The van der Waals surface area contributed by atoms with Crippen LogP contribution in [0.15, 0.2) is 30.3 Å². The first-order chi connectivity index (χ1) is 9.24. The average molecular weight is 261 g/mol. The van der Waals surface area contributed by atoms with Crippen LogP contribution in [0.4, 0.5) is 0 Å². The number of carbonyl (C=O) groups excluding carboxylic acids is 1. The molecule has 1 aromatic carbocycles. The van der Waals surface area contributed by atoms with Crippen molar-refractivity contribution in [3.63, 3.8) is 0 Å². The molecule has 4 nitrogen and oxygen atoms in total. The van der Waals surface area contributed by atoms with Crippen molar-refractivity contribution in [2.45, 2.75) is 25.9 Å². The fourth-order valence-electron chi connectivity index (χ4n) is 2.81. The lowest BCUT2D eigenvalue weighted by molar-refractivity contribution is -0.131. The first-order valence-electron chi connectivity index (χ1n) is 7.00. The molecule has 0 aromatic heterocycles. The SMILES string of the molecule is CCN(C(=O)CN)[C@H]1CCN(Cc2ccccc2)C1. The number of rotatable bonds is 5. The molecule has 0 bridgehead atoms. The van der Waals surface area contributed by atoms with Gasteiger partial charge in [0.25, 0.3) is 0 Å². The third kappa shape index (κ3) is 3.55. The standard InChI is InChI=1S/C15H23N3O/c1-2-18(15(19)10-16)14-8-9-17(12-14)11-13-6-4-3-5-7-13/h3-7,14H,2,8-12,16H2,1H3/t14-/m0/s1. The van der Waals surface area contributed by atoms with Gasteiger partial charge < -0.3 is 10.6 Å². The van der Waals surface area contributed by atoms with Crippen LogP contribution < -0.4 is 5.73 Å². The van der Waals surface area contributed by atoms with E-state index in [2.05, 4.69) is 29.2 Å². The second-order valence-electron chi connectivity index (χ2n) is 5.05. The van der Waals surface area contributed by atoms with E-state index in [-0.39, 0.29) is 12.5 Å². The Hall–Kier alpha value is -1.39. The van der Waals surface area contributed by atoms with Crippen molar-refractivity contribution >= 4 is 5.91 Å². The van der Waals surface area contributed by atoms with E-state index in [0.717, 1.165) is 32.6 Å². The van der Waals surface area contributed by atoms with E-state index in [0.29, 0.717) is 6.04 Å². The molecule has 0 aliphatic carbocycles. The minimum Gasteiger partial charge on any atom is -0.338 e. The summed E-state index contributed by atoms with van der Waals surface area (Å²) >= 11 is 0. The van der Waals surface area contributed by atoms with E-state index < -0.39 is 0 Å². The van der Waals surface area contributed by atoms with Gasteiger partial charge in [-0.15, -0.1) is 0 Å². The fraction of sp³-hybridized carbons (Fsp3) is 0.533. The molecule has 1 aliphatic heterocycles. The first-order valence-corrected chi connectivity index (χ1v) is 7.00. The summed E-state index contributed by atoms with van der Waals surface area (Å²) in [5, 5.41) is 0. The van der Waals surface area contributed by atoms with Crippen molar-refractivity contribution in [3.8, 4) is 0 Å². The lowest BCUT2D eigenvalue weighted by Gasteiger charge is -2.27. The van der Waals surface area contributed by atoms with E-state index in [1.54, 1.807) is 0 Å². The number of amides is 1. The second-order valence-corrected chi connectivity index (χ2v) is 5.05. The van der Waals surface area contributed by atoms with Crippen molar-refractivity contribution in [2.75, 3.05) is 26.2 Å². The van der Waals surface area contributed by atoms with Gasteiger partial charge in [-0.2, -0.15) is 0 Å². The van der Waals surface area contributed by atoms with Crippen LogP contribution in [-0.2, 0) is 11.3 Å². The van der Waals surface area contributed by atoms with Crippen molar-refractivity contribution in [1.29, 1.82) is 0 Å². The molecule has 1 heterocycles. The number of likely N-dealkylation sites (N-methyl/N-ethyl adjacent to an activating group) is 1. The number of nitrogens with zero attached hydrogens (tertiary/aromatic N) is 2. The van der Waals surface area contributed by atoms with E-state index in [4.69, 9.17) is 5.73 Å². The largest absolute Gasteiger partial charge is 0.338 e. The first kappa shape index (κ1) is 14.0. The van der Waals surface area contributed by atoms with E-state index in [9.17, 15) is 4.79 Å². The third-order valence-corrected chi connectivity index (χ3v) is 3.77. The molecule has 2 N–H and O–H groups in total. The molecule has 1 amide bonds. The van der Waals surface area contributed by atoms with E-state index in [1.165, 1.54) is 5.56 Å². The molecule has 1 aromatic rings. The van der Waals surface area contributed by atoms with Crippen LogP contribution in [0.25, 0.3) is 0 Å². The lowest BCUT2D eigenvalue weighted by Crippen LogP contribution is -2.44.